The summed E-state index contributed by atoms with van der Waals surface area (Å²) in [7, 11) is 1.40. The Balaban J connectivity index is 2.30. The first-order valence-corrected chi connectivity index (χ1v) is 7.15. The number of benzene rings is 2. The molecule has 0 radical (unpaired) electrons. The molecule has 0 bridgehead atoms. The van der Waals surface area contributed by atoms with Gasteiger partial charge in [-0.2, -0.15) is 0 Å². The number of hydrogen-bond donors (Lipinski definition) is 0. The van der Waals surface area contributed by atoms with Gasteiger partial charge in [0, 0.05) is 29.7 Å². The highest BCUT2D eigenvalue weighted by Gasteiger charge is 2.08. The van der Waals surface area contributed by atoms with Crippen LogP contribution in [0.1, 0.15) is 13.8 Å². The highest BCUT2D eigenvalue weighted by Crippen LogP contribution is 2.26. The van der Waals surface area contributed by atoms with Crippen molar-refractivity contribution < 1.29 is 9.53 Å². The second kappa shape index (κ2) is 6.93. The number of rotatable bonds is 5. The third-order valence-corrected chi connectivity index (χ3v) is 3.61. The summed E-state index contributed by atoms with van der Waals surface area (Å²) in [5, 5.41) is 2.45. The van der Waals surface area contributed by atoms with Gasteiger partial charge in [0.05, 0.1) is 7.11 Å². The maximum Gasteiger partial charge on any atom is 0.333 e. The zero-order chi connectivity index (χ0) is 15.2. The average molecular weight is 283 g/mol. The smallest absolute Gasteiger partial charge is 0.333 e. The number of nitrogens with zero attached hydrogens (tertiary/aromatic N) is 1. The van der Waals surface area contributed by atoms with Gasteiger partial charge >= 0.3 is 5.97 Å². The predicted octanol–water partition coefficient (Wildman–Crippen LogP) is 3.79. The maximum atomic E-state index is 11.5. The SMILES string of the molecule is CCN(CC=C(C)C(=O)OC)c1cccc2ccccc12. The van der Waals surface area contributed by atoms with Crippen molar-refractivity contribution >= 4 is 22.4 Å². The normalized spacial score (nSPS) is 11.5. The minimum Gasteiger partial charge on any atom is -0.466 e. The van der Waals surface area contributed by atoms with Gasteiger partial charge in [0.1, 0.15) is 0 Å². The molecule has 0 N–H and O–H groups in total. The van der Waals surface area contributed by atoms with Crippen molar-refractivity contribution in [1.29, 1.82) is 0 Å². The first-order chi connectivity index (χ1) is 10.2. The molecular weight excluding hydrogens is 262 g/mol. The lowest BCUT2D eigenvalue weighted by molar-refractivity contribution is -0.136. The minimum atomic E-state index is -0.274. The molecule has 2 aromatic carbocycles. The molecule has 0 amide bonds. The third kappa shape index (κ3) is 3.43. The second-order valence-corrected chi connectivity index (χ2v) is 4.92. The third-order valence-electron chi connectivity index (χ3n) is 3.61. The standard InChI is InChI=1S/C18H21NO2/c1-4-19(13-12-14(2)18(20)21-3)17-11-7-9-15-8-5-6-10-16(15)17/h5-12H,4,13H2,1-3H3. The molecule has 110 valence electrons. The van der Waals surface area contributed by atoms with Crippen molar-refractivity contribution in [2.24, 2.45) is 0 Å². The molecule has 0 heterocycles. The number of methoxy groups -OCH3 is 1. The molecule has 0 saturated heterocycles. The summed E-state index contributed by atoms with van der Waals surface area (Å²) < 4.78 is 4.73. The van der Waals surface area contributed by atoms with Gasteiger partial charge < -0.3 is 9.64 Å². The predicted molar refractivity (Wildman–Crippen MR) is 87.6 cm³/mol. The number of ether oxygens (including phenoxy) is 1. The number of hydrogen-bond acceptors (Lipinski definition) is 3. The summed E-state index contributed by atoms with van der Waals surface area (Å²) in [5.41, 5.74) is 1.82. The fourth-order valence-electron chi connectivity index (χ4n) is 2.37. The fourth-order valence-corrected chi connectivity index (χ4v) is 2.37. The minimum absolute atomic E-state index is 0.274. The Hall–Kier alpha value is -2.29. The van der Waals surface area contributed by atoms with E-state index < -0.39 is 0 Å². The Morgan fingerprint density at radius 3 is 2.62 bits per heavy atom. The number of carbonyl (C=O) groups is 1. The first kappa shape index (κ1) is 15.1. The van der Waals surface area contributed by atoms with Crippen LogP contribution in [0.3, 0.4) is 0 Å². The molecule has 2 rings (SSSR count). The zero-order valence-electron chi connectivity index (χ0n) is 12.8. The lowest BCUT2D eigenvalue weighted by Crippen LogP contribution is -2.23. The van der Waals surface area contributed by atoms with Crippen LogP contribution in [0.5, 0.6) is 0 Å². The van der Waals surface area contributed by atoms with Gasteiger partial charge in [-0.3, -0.25) is 0 Å². The van der Waals surface area contributed by atoms with Crippen molar-refractivity contribution in [1.82, 2.24) is 0 Å². The summed E-state index contributed by atoms with van der Waals surface area (Å²) in [6.45, 7) is 5.45. The molecule has 21 heavy (non-hydrogen) atoms. The van der Waals surface area contributed by atoms with Crippen molar-refractivity contribution in [3.05, 3.63) is 54.1 Å². The first-order valence-electron chi connectivity index (χ1n) is 7.15. The Morgan fingerprint density at radius 2 is 1.90 bits per heavy atom. The van der Waals surface area contributed by atoms with Crippen molar-refractivity contribution in [3.8, 4) is 0 Å². The summed E-state index contributed by atoms with van der Waals surface area (Å²) in [6.07, 6.45) is 1.91. The molecule has 3 heteroatoms. The molecule has 0 aliphatic rings. The lowest BCUT2D eigenvalue weighted by atomic mass is 10.1. The van der Waals surface area contributed by atoms with Gasteiger partial charge in [-0.15, -0.1) is 0 Å². The highest BCUT2D eigenvalue weighted by atomic mass is 16.5. The Morgan fingerprint density at radius 1 is 1.19 bits per heavy atom. The van der Waals surface area contributed by atoms with Gasteiger partial charge in [-0.25, -0.2) is 4.79 Å². The quantitative estimate of drug-likeness (QED) is 0.617. The molecule has 0 atom stereocenters. The van der Waals surface area contributed by atoms with E-state index in [0.29, 0.717) is 12.1 Å². The van der Waals surface area contributed by atoms with E-state index in [-0.39, 0.29) is 5.97 Å². The van der Waals surface area contributed by atoms with E-state index in [2.05, 4.69) is 48.2 Å². The summed E-state index contributed by atoms with van der Waals surface area (Å²) in [5.74, 6) is -0.274. The van der Waals surface area contributed by atoms with Crippen LogP contribution < -0.4 is 4.90 Å². The van der Waals surface area contributed by atoms with Crippen LogP contribution in [-0.2, 0) is 9.53 Å². The monoisotopic (exact) mass is 283 g/mol. The Bertz CT molecular complexity index is 656. The molecule has 0 unspecified atom stereocenters. The molecule has 2 aromatic rings. The van der Waals surface area contributed by atoms with Crippen LogP contribution in [0, 0.1) is 0 Å². The molecular formula is C18H21NO2. The van der Waals surface area contributed by atoms with Crippen LogP contribution in [0.4, 0.5) is 5.69 Å². The van der Waals surface area contributed by atoms with Gasteiger partial charge in [0.2, 0.25) is 0 Å². The average Bonchev–Trinajstić information content (AvgIpc) is 2.54. The van der Waals surface area contributed by atoms with E-state index in [0.717, 1.165) is 6.54 Å². The van der Waals surface area contributed by atoms with Crippen LogP contribution in [-0.4, -0.2) is 26.2 Å². The Labute approximate surface area is 125 Å². The molecule has 0 fully saturated rings. The van der Waals surface area contributed by atoms with E-state index in [4.69, 9.17) is 4.74 Å². The number of anilines is 1. The van der Waals surface area contributed by atoms with Crippen molar-refractivity contribution in [2.45, 2.75) is 13.8 Å². The van der Waals surface area contributed by atoms with E-state index in [1.54, 1.807) is 6.92 Å². The largest absolute Gasteiger partial charge is 0.466 e. The van der Waals surface area contributed by atoms with E-state index >= 15 is 0 Å². The van der Waals surface area contributed by atoms with E-state index in [1.807, 2.05) is 12.1 Å². The molecule has 0 aliphatic carbocycles. The van der Waals surface area contributed by atoms with Crippen LogP contribution in [0.2, 0.25) is 0 Å². The maximum absolute atomic E-state index is 11.5. The molecule has 3 nitrogen and oxygen atoms in total. The molecule has 0 saturated carbocycles. The van der Waals surface area contributed by atoms with Gasteiger partial charge in [-0.05, 0) is 25.3 Å². The van der Waals surface area contributed by atoms with Gasteiger partial charge in [-0.1, -0.05) is 42.5 Å². The number of carbonyl (C=O) groups excluding carboxylic acids is 1. The molecule has 0 aliphatic heterocycles. The van der Waals surface area contributed by atoms with Crippen LogP contribution in [0.15, 0.2) is 54.1 Å². The number of likely N-dealkylation sites (N-methyl/N-ethyl adjacent to an activating group) is 1. The number of fused-ring (bicyclic) bond motifs is 1. The summed E-state index contributed by atoms with van der Waals surface area (Å²) in [4.78, 5) is 13.7. The lowest BCUT2D eigenvalue weighted by Gasteiger charge is -2.23. The van der Waals surface area contributed by atoms with Crippen LogP contribution in [0.25, 0.3) is 10.8 Å². The van der Waals surface area contributed by atoms with Crippen molar-refractivity contribution in [2.75, 3.05) is 25.1 Å². The topological polar surface area (TPSA) is 29.5 Å². The molecule has 0 aromatic heterocycles. The summed E-state index contributed by atoms with van der Waals surface area (Å²) >= 11 is 0. The fraction of sp³-hybridized carbons (Fsp3) is 0.278. The number of esters is 1. The van der Waals surface area contributed by atoms with Crippen molar-refractivity contribution in [3.63, 3.8) is 0 Å². The van der Waals surface area contributed by atoms with E-state index in [9.17, 15) is 4.79 Å². The Kier molecular flexibility index (Phi) is 4.99. The van der Waals surface area contributed by atoms with Gasteiger partial charge in [0.15, 0.2) is 0 Å². The zero-order valence-corrected chi connectivity index (χ0v) is 12.8. The highest BCUT2D eigenvalue weighted by molar-refractivity contribution is 5.94. The van der Waals surface area contributed by atoms with E-state index in [1.165, 1.54) is 23.6 Å². The molecule has 0 spiro atoms. The summed E-state index contributed by atoms with van der Waals surface area (Å²) in [6, 6.07) is 14.6. The van der Waals surface area contributed by atoms with Gasteiger partial charge in [0.25, 0.3) is 0 Å². The van der Waals surface area contributed by atoms with Crippen LogP contribution >= 0.6 is 0 Å². The second-order valence-electron chi connectivity index (χ2n) is 4.92.